The van der Waals surface area contributed by atoms with E-state index in [0.29, 0.717) is 10.6 Å². The first-order valence-electron chi connectivity index (χ1n) is 10.8. The fourth-order valence-corrected chi connectivity index (χ4v) is 4.70. The largest absolute Gasteiger partial charge is 0.488 e. The number of likely N-dealkylation sites (tertiary alicyclic amines) is 2. The lowest BCUT2D eigenvalue weighted by molar-refractivity contribution is -0.0431. The Kier molecular flexibility index (Phi) is 6.94. The molecule has 2 saturated heterocycles. The zero-order valence-electron chi connectivity index (χ0n) is 17.3. The number of para-hydroxylation sites is 1. The molecule has 30 heavy (non-hydrogen) atoms. The van der Waals surface area contributed by atoms with Crippen LogP contribution in [0.15, 0.2) is 42.5 Å². The maximum absolute atomic E-state index is 14.0. The number of nitrogens with zero attached hydrogens (tertiary/aromatic N) is 2. The van der Waals surface area contributed by atoms with Gasteiger partial charge in [-0.25, -0.2) is 4.39 Å². The van der Waals surface area contributed by atoms with Crippen molar-refractivity contribution in [1.29, 1.82) is 0 Å². The fourth-order valence-electron chi connectivity index (χ4n) is 4.48. The van der Waals surface area contributed by atoms with Gasteiger partial charge >= 0.3 is 0 Å². The number of benzene rings is 2. The van der Waals surface area contributed by atoms with E-state index in [1.54, 1.807) is 12.1 Å². The molecule has 0 amide bonds. The standard InChI is InChI=1S/C24H30ClFN2O2/c25-21-7-5-8-22(26)20(21)17-30-23-9-2-1-6-19(23)16-27-14-10-24(29,11-15-27)18-28-12-3-4-13-28/h1-2,5-9,29H,3-4,10-18H2. The second-order valence-electron chi connectivity index (χ2n) is 8.58. The topological polar surface area (TPSA) is 35.9 Å². The van der Waals surface area contributed by atoms with Crippen LogP contribution in [0.25, 0.3) is 0 Å². The maximum Gasteiger partial charge on any atom is 0.131 e. The summed E-state index contributed by atoms with van der Waals surface area (Å²) in [5, 5.41) is 11.4. The first-order chi connectivity index (χ1) is 14.5. The molecule has 0 atom stereocenters. The summed E-state index contributed by atoms with van der Waals surface area (Å²) in [5.41, 5.74) is 0.868. The zero-order chi connectivity index (χ0) is 21.0. The smallest absolute Gasteiger partial charge is 0.131 e. The van der Waals surface area contributed by atoms with Gasteiger partial charge in [0, 0.05) is 37.3 Å². The van der Waals surface area contributed by atoms with Crippen LogP contribution in [0.1, 0.15) is 36.8 Å². The average Bonchev–Trinajstić information content (AvgIpc) is 3.23. The van der Waals surface area contributed by atoms with Crippen LogP contribution < -0.4 is 4.74 Å². The molecule has 0 unspecified atom stereocenters. The third kappa shape index (κ3) is 5.33. The molecule has 0 saturated carbocycles. The second-order valence-corrected chi connectivity index (χ2v) is 8.99. The lowest BCUT2D eigenvalue weighted by atomic mass is 9.90. The van der Waals surface area contributed by atoms with Crippen LogP contribution in [0.5, 0.6) is 5.75 Å². The number of halogens is 2. The molecule has 0 bridgehead atoms. The van der Waals surface area contributed by atoms with Crippen molar-refractivity contribution in [2.75, 3.05) is 32.7 Å². The van der Waals surface area contributed by atoms with Crippen molar-refractivity contribution in [3.8, 4) is 5.75 Å². The first-order valence-corrected chi connectivity index (χ1v) is 11.2. The van der Waals surface area contributed by atoms with Crippen LogP contribution in [0.4, 0.5) is 4.39 Å². The van der Waals surface area contributed by atoms with Crippen molar-refractivity contribution >= 4 is 11.6 Å². The van der Waals surface area contributed by atoms with Crippen molar-refractivity contribution in [3.05, 3.63) is 64.4 Å². The molecule has 0 radical (unpaired) electrons. The lowest BCUT2D eigenvalue weighted by Gasteiger charge is -2.40. The SMILES string of the molecule is OC1(CN2CCCC2)CCN(Cc2ccccc2OCc2c(F)cccc2Cl)CC1. The summed E-state index contributed by atoms with van der Waals surface area (Å²) in [7, 11) is 0. The third-order valence-corrected chi connectivity index (χ3v) is 6.66. The molecule has 2 fully saturated rings. The van der Waals surface area contributed by atoms with Gasteiger partial charge in [-0.2, -0.15) is 0 Å². The minimum Gasteiger partial charge on any atom is -0.488 e. The van der Waals surface area contributed by atoms with Gasteiger partial charge in [0.2, 0.25) is 0 Å². The molecule has 162 valence electrons. The highest BCUT2D eigenvalue weighted by Crippen LogP contribution is 2.29. The van der Waals surface area contributed by atoms with Crippen LogP contribution in [0, 0.1) is 5.82 Å². The average molecular weight is 433 g/mol. The monoisotopic (exact) mass is 432 g/mol. The summed E-state index contributed by atoms with van der Waals surface area (Å²) in [6.07, 6.45) is 4.07. The minimum atomic E-state index is -0.571. The predicted molar refractivity (Wildman–Crippen MR) is 117 cm³/mol. The van der Waals surface area contributed by atoms with Crippen molar-refractivity contribution in [2.45, 2.75) is 44.4 Å². The normalized spacial score (nSPS) is 19.8. The number of aliphatic hydroxyl groups is 1. The molecule has 2 aliphatic rings. The Morgan fingerprint density at radius 2 is 1.70 bits per heavy atom. The van der Waals surface area contributed by atoms with Crippen LogP contribution in [-0.2, 0) is 13.2 Å². The van der Waals surface area contributed by atoms with Crippen molar-refractivity contribution in [1.82, 2.24) is 9.80 Å². The Bertz CT molecular complexity index is 829. The van der Waals surface area contributed by atoms with Crippen LogP contribution >= 0.6 is 11.6 Å². The summed E-state index contributed by atoms with van der Waals surface area (Å²) in [6.45, 7) is 5.59. The van der Waals surface area contributed by atoms with Gasteiger partial charge in [-0.3, -0.25) is 4.90 Å². The van der Waals surface area contributed by atoms with Crippen molar-refractivity contribution in [3.63, 3.8) is 0 Å². The van der Waals surface area contributed by atoms with Gasteiger partial charge in [0.25, 0.3) is 0 Å². The van der Waals surface area contributed by atoms with E-state index < -0.39 is 5.60 Å². The summed E-state index contributed by atoms with van der Waals surface area (Å²) >= 11 is 6.12. The zero-order valence-corrected chi connectivity index (χ0v) is 18.1. The number of piperidine rings is 1. The molecule has 6 heteroatoms. The van der Waals surface area contributed by atoms with E-state index in [2.05, 4.69) is 9.80 Å². The highest BCUT2D eigenvalue weighted by molar-refractivity contribution is 6.31. The van der Waals surface area contributed by atoms with E-state index >= 15 is 0 Å². The molecule has 4 rings (SSSR count). The molecule has 4 nitrogen and oxygen atoms in total. The number of hydrogen-bond acceptors (Lipinski definition) is 4. The molecule has 2 heterocycles. The fraction of sp³-hybridized carbons (Fsp3) is 0.500. The van der Waals surface area contributed by atoms with Crippen LogP contribution in [-0.4, -0.2) is 53.2 Å². The van der Waals surface area contributed by atoms with Gasteiger partial charge in [-0.15, -0.1) is 0 Å². The number of rotatable bonds is 7. The summed E-state index contributed by atoms with van der Waals surface area (Å²) in [5.74, 6) is 0.392. The summed E-state index contributed by atoms with van der Waals surface area (Å²) in [6, 6.07) is 12.5. The Hall–Kier alpha value is -1.66. The van der Waals surface area contributed by atoms with Crippen molar-refractivity contribution in [2.24, 2.45) is 0 Å². The number of ether oxygens (including phenoxy) is 1. The van der Waals surface area contributed by atoms with E-state index in [0.717, 1.165) is 63.4 Å². The number of hydrogen-bond donors (Lipinski definition) is 1. The third-order valence-electron chi connectivity index (χ3n) is 6.30. The molecule has 0 aliphatic carbocycles. The molecule has 2 aromatic rings. The van der Waals surface area contributed by atoms with Gasteiger partial charge in [-0.1, -0.05) is 35.9 Å². The van der Waals surface area contributed by atoms with Crippen LogP contribution in [0.3, 0.4) is 0 Å². The molecular formula is C24H30ClFN2O2. The maximum atomic E-state index is 14.0. The van der Waals surface area contributed by atoms with Gasteiger partial charge in [0.15, 0.2) is 0 Å². The van der Waals surface area contributed by atoms with E-state index in [1.807, 2.05) is 24.3 Å². The molecule has 1 N–H and O–H groups in total. The molecule has 0 aromatic heterocycles. The molecule has 0 spiro atoms. The first kappa shape index (κ1) is 21.6. The molecule has 2 aliphatic heterocycles. The van der Waals surface area contributed by atoms with Gasteiger partial charge in [0.1, 0.15) is 18.2 Å². The molecular weight excluding hydrogens is 403 g/mol. The predicted octanol–water partition coefficient (Wildman–Crippen LogP) is 4.48. The lowest BCUT2D eigenvalue weighted by Crippen LogP contribution is -2.50. The van der Waals surface area contributed by atoms with E-state index in [-0.39, 0.29) is 12.4 Å². The Morgan fingerprint density at radius 1 is 0.967 bits per heavy atom. The Morgan fingerprint density at radius 3 is 2.43 bits per heavy atom. The highest BCUT2D eigenvalue weighted by Gasteiger charge is 2.34. The van der Waals surface area contributed by atoms with E-state index in [9.17, 15) is 9.50 Å². The summed E-state index contributed by atoms with van der Waals surface area (Å²) < 4.78 is 20.0. The van der Waals surface area contributed by atoms with E-state index in [1.165, 1.54) is 18.9 Å². The van der Waals surface area contributed by atoms with Crippen LogP contribution in [0.2, 0.25) is 5.02 Å². The van der Waals surface area contributed by atoms with Crippen molar-refractivity contribution < 1.29 is 14.2 Å². The minimum absolute atomic E-state index is 0.0953. The van der Waals surface area contributed by atoms with Gasteiger partial charge in [-0.05, 0) is 57.0 Å². The van der Waals surface area contributed by atoms with E-state index in [4.69, 9.17) is 16.3 Å². The quantitative estimate of drug-likeness (QED) is 0.699. The second kappa shape index (κ2) is 9.65. The van der Waals surface area contributed by atoms with Gasteiger partial charge < -0.3 is 14.7 Å². The highest BCUT2D eigenvalue weighted by atomic mass is 35.5. The summed E-state index contributed by atoms with van der Waals surface area (Å²) in [4.78, 5) is 4.75. The Balaban J connectivity index is 1.34. The molecule has 2 aromatic carbocycles. The Labute approximate surface area is 183 Å². The number of β-amino-alcohol motifs (C(OH)–C–C–N with tert-alkyl or cyclic N) is 1. The van der Waals surface area contributed by atoms with Gasteiger partial charge in [0.05, 0.1) is 10.6 Å².